The van der Waals surface area contributed by atoms with Gasteiger partial charge >= 0.3 is 0 Å². The molecule has 1 amide bonds. The molecule has 178 valence electrons. The van der Waals surface area contributed by atoms with Crippen LogP contribution in [-0.2, 0) is 16.0 Å². The second-order valence-corrected chi connectivity index (χ2v) is 9.03. The quantitative estimate of drug-likeness (QED) is 0.378. The first kappa shape index (κ1) is 25.2. The third-order valence-corrected chi connectivity index (χ3v) is 6.50. The van der Waals surface area contributed by atoms with Crippen LogP contribution in [0.4, 0.5) is 4.39 Å². The lowest BCUT2D eigenvalue weighted by atomic mass is 10.0. The minimum absolute atomic E-state index is 0.00949. The Morgan fingerprint density at radius 3 is 2.91 bits per heavy atom. The van der Waals surface area contributed by atoms with Crippen molar-refractivity contribution >= 4 is 17.2 Å². The van der Waals surface area contributed by atoms with Crippen LogP contribution in [0, 0.1) is 18.2 Å². The molecule has 2 aromatic rings. The number of aliphatic hydroxyl groups excluding tert-OH is 1. The van der Waals surface area contributed by atoms with Crippen LogP contribution < -0.4 is 4.74 Å². The van der Waals surface area contributed by atoms with Crippen molar-refractivity contribution in [3.63, 3.8) is 0 Å². The highest BCUT2D eigenvalue weighted by molar-refractivity contribution is 7.10. The smallest absolute Gasteiger partial charge is 0.237 e. The molecule has 0 spiro atoms. The largest absolute Gasteiger partial charge is 0.491 e. The number of nitrogens with zero attached hydrogens (tertiary/aromatic N) is 2. The van der Waals surface area contributed by atoms with Gasteiger partial charge in [0.05, 0.1) is 25.3 Å². The molecular formula is C25H31FN2O4S. The van der Waals surface area contributed by atoms with Gasteiger partial charge in [0.2, 0.25) is 5.91 Å². The lowest BCUT2D eigenvalue weighted by Crippen LogP contribution is -2.48. The second kappa shape index (κ2) is 12.7. The number of benzene rings is 1. The number of halogens is 1. The molecule has 1 aliphatic heterocycles. The van der Waals surface area contributed by atoms with E-state index in [1.807, 2.05) is 22.1 Å². The third kappa shape index (κ3) is 7.27. The van der Waals surface area contributed by atoms with Gasteiger partial charge in [-0.3, -0.25) is 9.69 Å². The summed E-state index contributed by atoms with van der Waals surface area (Å²) in [6.45, 7) is 4.44. The number of hydrogen-bond donors (Lipinski definition) is 1. The van der Waals surface area contributed by atoms with Crippen molar-refractivity contribution in [3.8, 4) is 18.1 Å². The maximum Gasteiger partial charge on any atom is 0.237 e. The molecule has 0 saturated carbocycles. The van der Waals surface area contributed by atoms with Gasteiger partial charge in [0.15, 0.2) is 0 Å². The number of fused-ring (bicyclic) bond motifs is 1. The zero-order chi connectivity index (χ0) is 23.6. The Kier molecular flexibility index (Phi) is 9.70. The summed E-state index contributed by atoms with van der Waals surface area (Å²) in [7, 11) is 0. The zero-order valence-corrected chi connectivity index (χ0v) is 19.7. The van der Waals surface area contributed by atoms with Crippen molar-refractivity contribution in [2.24, 2.45) is 0 Å². The molecule has 2 atom stereocenters. The van der Waals surface area contributed by atoms with Crippen molar-refractivity contribution < 1.29 is 23.8 Å². The molecule has 1 aliphatic rings. The van der Waals surface area contributed by atoms with Crippen LogP contribution in [0.25, 0.3) is 0 Å². The van der Waals surface area contributed by atoms with E-state index in [1.165, 1.54) is 17.0 Å². The molecule has 3 rings (SSSR count). The molecule has 6 nitrogen and oxygen atoms in total. The number of carbonyl (C=O) groups is 1. The number of terminal acetylenes is 1. The summed E-state index contributed by atoms with van der Waals surface area (Å²) >= 11 is 1.69. The van der Waals surface area contributed by atoms with Crippen LogP contribution in [-0.4, -0.2) is 72.9 Å². The number of aliphatic hydroxyl groups is 1. The summed E-state index contributed by atoms with van der Waals surface area (Å²) in [6, 6.07) is 7.73. The molecule has 1 aromatic carbocycles. The van der Waals surface area contributed by atoms with Crippen LogP contribution in [0.15, 0.2) is 35.7 Å². The van der Waals surface area contributed by atoms with Crippen molar-refractivity contribution in [3.05, 3.63) is 52.0 Å². The fourth-order valence-corrected chi connectivity index (χ4v) is 4.95. The van der Waals surface area contributed by atoms with Crippen LogP contribution in [0.1, 0.15) is 29.8 Å². The van der Waals surface area contributed by atoms with Crippen LogP contribution in [0.3, 0.4) is 0 Å². The topological polar surface area (TPSA) is 62.2 Å². The lowest BCUT2D eigenvalue weighted by Gasteiger charge is -2.37. The Bertz CT molecular complexity index is 927. The van der Waals surface area contributed by atoms with E-state index in [9.17, 15) is 14.3 Å². The van der Waals surface area contributed by atoms with Crippen molar-refractivity contribution in [2.75, 3.05) is 46.0 Å². The number of amides is 1. The summed E-state index contributed by atoms with van der Waals surface area (Å²) in [6.07, 6.45) is 6.12. The molecule has 0 aliphatic carbocycles. The van der Waals surface area contributed by atoms with Crippen LogP contribution in [0.5, 0.6) is 5.75 Å². The molecular weight excluding hydrogens is 443 g/mol. The Labute approximate surface area is 198 Å². The molecule has 0 saturated heterocycles. The molecule has 1 aromatic heterocycles. The summed E-state index contributed by atoms with van der Waals surface area (Å²) in [5.74, 6) is 2.61. The molecule has 1 N–H and O–H groups in total. The van der Waals surface area contributed by atoms with Crippen molar-refractivity contribution in [2.45, 2.75) is 31.9 Å². The monoisotopic (exact) mass is 474 g/mol. The lowest BCUT2D eigenvalue weighted by molar-refractivity contribution is -0.136. The fourth-order valence-electron chi connectivity index (χ4n) is 4.02. The first-order valence-corrected chi connectivity index (χ1v) is 12.1. The maximum absolute atomic E-state index is 13.4. The average Bonchev–Trinajstić information content (AvgIpc) is 3.28. The number of carbonyl (C=O) groups excluding carboxylic acids is 1. The molecule has 2 unspecified atom stereocenters. The van der Waals surface area contributed by atoms with E-state index >= 15 is 0 Å². The van der Waals surface area contributed by atoms with Gasteiger partial charge < -0.3 is 19.5 Å². The fraction of sp³-hybridized carbons (Fsp3) is 0.480. The summed E-state index contributed by atoms with van der Waals surface area (Å²) in [5.41, 5.74) is 1.10. The molecule has 33 heavy (non-hydrogen) atoms. The first-order chi connectivity index (χ1) is 16.0. The van der Waals surface area contributed by atoms with Crippen molar-refractivity contribution in [1.29, 1.82) is 0 Å². The maximum atomic E-state index is 13.4. The van der Waals surface area contributed by atoms with Gasteiger partial charge in [0.25, 0.3) is 0 Å². The predicted octanol–water partition coefficient (Wildman–Crippen LogP) is 3.11. The molecule has 0 fully saturated rings. The van der Waals surface area contributed by atoms with Gasteiger partial charge in [-0.25, -0.2) is 4.39 Å². The Morgan fingerprint density at radius 1 is 1.39 bits per heavy atom. The Morgan fingerprint density at radius 2 is 2.18 bits per heavy atom. The normalized spacial score (nSPS) is 16.3. The Balaban J connectivity index is 1.66. The standard InChI is InChI=1S/C25H31FN2O4S/c1-3-11-27(15-20(29)17-31-13-4-2)16-25(30)28-12-9-24-22(10-14-33-24)23(28)18-32-21-7-5-19(26)6-8-21/h2,5-8,10,14,20,23,29H,3,9,11-13,15-18H2,1H3. The van der Waals surface area contributed by atoms with Gasteiger partial charge in [-0.2, -0.15) is 0 Å². The number of rotatable bonds is 12. The van der Waals surface area contributed by atoms with E-state index in [0.29, 0.717) is 25.4 Å². The highest BCUT2D eigenvalue weighted by atomic mass is 32.1. The molecule has 8 heteroatoms. The van der Waals surface area contributed by atoms with E-state index in [-0.39, 0.29) is 44.1 Å². The molecule has 2 heterocycles. The van der Waals surface area contributed by atoms with Crippen LogP contribution in [0.2, 0.25) is 0 Å². The van der Waals surface area contributed by atoms with Gasteiger partial charge in [-0.1, -0.05) is 12.8 Å². The highest BCUT2D eigenvalue weighted by Crippen LogP contribution is 2.34. The zero-order valence-electron chi connectivity index (χ0n) is 18.9. The number of ether oxygens (including phenoxy) is 2. The van der Waals surface area contributed by atoms with Gasteiger partial charge in [0, 0.05) is 18.0 Å². The van der Waals surface area contributed by atoms with Crippen LogP contribution >= 0.6 is 11.3 Å². The second-order valence-electron chi connectivity index (χ2n) is 8.03. The van der Waals surface area contributed by atoms with Crippen molar-refractivity contribution in [1.82, 2.24) is 9.80 Å². The minimum Gasteiger partial charge on any atom is -0.491 e. The number of hydrogen-bond acceptors (Lipinski definition) is 6. The predicted molar refractivity (Wildman–Crippen MR) is 127 cm³/mol. The minimum atomic E-state index is -0.722. The first-order valence-electron chi connectivity index (χ1n) is 11.2. The highest BCUT2D eigenvalue weighted by Gasteiger charge is 2.33. The third-order valence-electron chi connectivity index (χ3n) is 5.50. The van der Waals surface area contributed by atoms with Gasteiger partial charge in [-0.15, -0.1) is 17.8 Å². The van der Waals surface area contributed by atoms with Gasteiger partial charge in [-0.05, 0) is 60.7 Å². The Hall–Kier alpha value is -2.44. The van der Waals surface area contributed by atoms with E-state index < -0.39 is 6.10 Å². The van der Waals surface area contributed by atoms with E-state index in [0.717, 1.165) is 18.4 Å². The van der Waals surface area contributed by atoms with E-state index in [2.05, 4.69) is 12.0 Å². The van der Waals surface area contributed by atoms with Gasteiger partial charge in [0.1, 0.15) is 24.8 Å². The SMILES string of the molecule is C#CCOCC(O)CN(CCC)CC(=O)N1CCc2sccc2C1COc1ccc(F)cc1. The summed E-state index contributed by atoms with van der Waals surface area (Å²) < 4.78 is 24.4. The average molecular weight is 475 g/mol. The van der Waals surface area contributed by atoms with E-state index in [1.54, 1.807) is 23.5 Å². The van der Waals surface area contributed by atoms with E-state index in [4.69, 9.17) is 15.9 Å². The molecule has 0 bridgehead atoms. The molecule has 0 radical (unpaired) electrons. The number of thiophene rings is 1. The summed E-state index contributed by atoms with van der Waals surface area (Å²) in [5, 5.41) is 12.3. The summed E-state index contributed by atoms with van der Waals surface area (Å²) in [4.78, 5) is 18.4.